The van der Waals surface area contributed by atoms with Crippen LogP contribution in [0.25, 0.3) is 0 Å². The third-order valence-corrected chi connectivity index (χ3v) is 5.52. The minimum atomic E-state index is -3.74. The van der Waals surface area contributed by atoms with E-state index in [9.17, 15) is 8.42 Å². The molecule has 1 aromatic carbocycles. The lowest BCUT2D eigenvalue weighted by molar-refractivity contribution is 0.600. The number of nitrogen functional groups attached to an aromatic ring is 1. The highest BCUT2D eigenvalue weighted by molar-refractivity contribution is 9.10. The van der Waals surface area contributed by atoms with Crippen LogP contribution in [0.5, 0.6) is 0 Å². The van der Waals surface area contributed by atoms with Gasteiger partial charge in [0, 0.05) is 11.9 Å². The molecule has 7 heteroatoms. The maximum Gasteiger partial charge on any atom is 0.262 e. The number of nitrogens with one attached hydrogen (secondary N) is 1. The van der Waals surface area contributed by atoms with Crippen molar-refractivity contribution in [3.63, 3.8) is 0 Å². The Morgan fingerprint density at radius 2 is 1.90 bits per heavy atom. The fourth-order valence-electron chi connectivity index (χ4n) is 2.25. The summed E-state index contributed by atoms with van der Waals surface area (Å²) < 4.78 is 28.3. The van der Waals surface area contributed by atoms with Crippen molar-refractivity contribution < 1.29 is 8.42 Å². The fourth-order valence-corrected chi connectivity index (χ4v) is 4.29. The maximum atomic E-state index is 12.6. The van der Waals surface area contributed by atoms with Gasteiger partial charge in [0.25, 0.3) is 10.0 Å². The van der Waals surface area contributed by atoms with Crippen molar-refractivity contribution in [3.8, 4) is 0 Å². The monoisotopic (exact) mass is 369 g/mol. The van der Waals surface area contributed by atoms with Gasteiger partial charge in [-0.1, -0.05) is 6.07 Å². The van der Waals surface area contributed by atoms with E-state index in [1.165, 1.54) is 0 Å². The number of sulfonamides is 1. The van der Waals surface area contributed by atoms with Crippen molar-refractivity contribution in [2.75, 3.05) is 10.5 Å². The molecule has 21 heavy (non-hydrogen) atoms. The lowest BCUT2D eigenvalue weighted by atomic mass is 10.1. The highest BCUT2D eigenvalue weighted by Gasteiger charge is 2.23. The molecule has 1 heterocycles. The Morgan fingerprint density at radius 1 is 1.24 bits per heavy atom. The van der Waals surface area contributed by atoms with E-state index in [0.29, 0.717) is 27.1 Å². The average Bonchev–Trinajstić information content (AvgIpc) is 2.38. The van der Waals surface area contributed by atoms with Crippen LogP contribution < -0.4 is 10.5 Å². The van der Waals surface area contributed by atoms with Crippen LogP contribution in [-0.2, 0) is 10.0 Å². The number of nitrogens with zero attached hydrogens (tertiary/aromatic N) is 1. The van der Waals surface area contributed by atoms with E-state index in [0.717, 1.165) is 5.56 Å². The molecular weight excluding hydrogens is 354 g/mol. The van der Waals surface area contributed by atoms with E-state index in [-0.39, 0.29) is 4.90 Å². The van der Waals surface area contributed by atoms with Crippen molar-refractivity contribution in [2.24, 2.45) is 0 Å². The number of aryl methyl sites for hydroxylation is 2. The number of aromatic nitrogens is 1. The van der Waals surface area contributed by atoms with Gasteiger partial charge >= 0.3 is 0 Å². The number of benzene rings is 1. The summed E-state index contributed by atoms with van der Waals surface area (Å²) in [5.74, 6) is 0. The Kier molecular flexibility index (Phi) is 4.25. The van der Waals surface area contributed by atoms with Crippen molar-refractivity contribution in [2.45, 2.75) is 25.7 Å². The lowest BCUT2D eigenvalue weighted by Gasteiger charge is -2.16. The summed E-state index contributed by atoms with van der Waals surface area (Å²) in [7, 11) is -3.74. The smallest absolute Gasteiger partial charge is 0.262 e. The summed E-state index contributed by atoms with van der Waals surface area (Å²) in [5.41, 5.74) is 8.92. The number of halogens is 1. The third-order valence-electron chi connectivity index (χ3n) is 3.23. The van der Waals surface area contributed by atoms with E-state index in [4.69, 9.17) is 5.73 Å². The lowest BCUT2D eigenvalue weighted by Crippen LogP contribution is -2.17. The molecule has 0 aliphatic carbocycles. The first-order chi connectivity index (χ1) is 9.74. The third kappa shape index (κ3) is 3.03. The van der Waals surface area contributed by atoms with E-state index in [1.807, 2.05) is 6.92 Å². The minimum Gasteiger partial charge on any atom is -0.398 e. The first-order valence-electron chi connectivity index (χ1n) is 6.23. The van der Waals surface area contributed by atoms with Crippen molar-refractivity contribution in [1.82, 2.24) is 4.98 Å². The van der Waals surface area contributed by atoms with Crippen LogP contribution in [0.15, 0.2) is 33.9 Å². The first-order valence-corrected chi connectivity index (χ1v) is 8.51. The number of anilines is 2. The molecule has 2 rings (SSSR count). The molecule has 0 saturated heterocycles. The summed E-state index contributed by atoms with van der Waals surface area (Å²) in [4.78, 5) is 4.21. The molecule has 2 aromatic rings. The van der Waals surface area contributed by atoms with Crippen LogP contribution in [0.1, 0.15) is 16.7 Å². The Hall–Kier alpha value is -1.60. The zero-order chi connectivity index (χ0) is 15.8. The summed E-state index contributed by atoms with van der Waals surface area (Å²) in [6.07, 6.45) is 1.57. The van der Waals surface area contributed by atoms with Gasteiger partial charge in [-0.15, -0.1) is 0 Å². The van der Waals surface area contributed by atoms with Gasteiger partial charge in [-0.3, -0.25) is 4.72 Å². The molecule has 3 N–H and O–H groups in total. The highest BCUT2D eigenvalue weighted by Crippen LogP contribution is 2.30. The van der Waals surface area contributed by atoms with Crippen molar-refractivity contribution in [1.29, 1.82) is 0 Å². The van der Waals surface area contributed by atoms with Gasteiger partial charge in [0.05, 0.1) is 10.6 Å². The second kappa shape index (κ2) is 5.65. The summed E-state index contributed by atoms with van der Waals surface area (Å²) in [6, 6.07) is 5.07. The van der Waals surface area contributed by atoms with Gasteiger partial charge in [0.2, 0.25) is 0 Å². The largest absolute Gasteiger partial charge is 0.398 e. The molecule has 0 saturated carbocycles. The molecule has 0 aliphatic rings. The molecular formula is C14H16BrN3O2S. The van der Waals surface area contributed by atoms with Crippen molar-refractivity contribution in [3.05, 3.63) is 45.7 Å². The molecule has 0 amide bonds. The van der Waals surface area contributed by atoms with Gasteiger partial charge in [0.15, 0.2) is 0 Å². The number of hydrogen-bond donors (Lipinski definition) is 2. The molecule has 1 aromatic heterocycles. The number of hydrogen-bond acceptors (Lipinski definition) is 4. The van der Waals surface area contributed by atoms with Crippen LogP contribution in [0, 0.1) is 20.8 Å². The molecule has 0 spiro atoms. The number of pyridine rings is 1. The Balaban J connectivity index is 2.56. The summed E-state index contributed by atoms with van der Waals surface area (Å²) in [5, 5.41) is 0. The first kappa shape index (κ1) is 15.8. The second-order valence-corrected chi connectivity index (χ2v) is 7.20. The van der Waals surface area contributed by atoms with Gasteiger partial charge in [-0.2, -0.15) is 0 Å². The summed E-state index contributed by atoms with van der Waals surface area (Å²) >= 11 is 3.22. The molecule has 5 nitrogen and oxygen atoms in total. The Labute approximate surface area is 132 Å². The standard InChI is InChI=1S/C14H16BrN3O2S/c1-8-7-9(2)13(10(3)12(8)16)21(19,20)18-11-5-4-6-17-14(11)15/h4-7,18H,16H2,1-3H3. The van der Waals surface area contributed by atoms with Crippen LogP contribution >= 0.6 is 15.9 Å². The minimum absolute atomic E-state index is 0.210. The summed E-state index contributed by atoms with van der Waals surface area (Å²) in [6.45, 7) is 5.32. The number of rotatable bonds is 3. The molecule has 112 valence electrons. The number of nitrogens with two attached hydrogens (primary N) is 1. The normalized spacial score (nSPS) is 11.4. The fraction of sp³-hybridized carbons (Fsp3) is 0.214. The SMILES string of the molecule is Cc1cc(C)c(S(=O)(=O)Nc2cccnc2Br)c(C)c1N. The van der Waals surface area contributed by atoms with Gasteiger partial charge in [-0.25, -0.2) is 13.4 Å². The van der Waals surface area contributed by atoms with Gasteiger partial charge < -0.3 is 5.73 Å². The topological polar surface area (TPSA) is 85.1 Å². The molecule has 0 atom stereocenters. The highest BCUT2D eigenvalue weighted by atomic mass is 79.9. The molecule has 0 radical (unpaired) electrons. The zero-order valence-electron chi connectivity index (χ0n) is 11.9. The van der Waals surface area contributed by atoms with Crippen LogP contribution in [0.4, 0.5) is 11.4 Å². The van der Waals surface area contributed by atoms with Crippen LogP contribution in [0.2, 0.25) is 0 Å². The molecule has 0 unspecified atom stereocenters. The molecule has 0 fully saturated rings. The molecule has 0 bridgehead atoms. The average molecular weight is 370 g/mol. The quantitative estimate of drug-likeness (QED) is 0.642. The van der Waals surface area contributed by atoms with Crippen LogP contribution in [0.3, 0.4) is 0 Å². The van der Waals surface area contributed by atoms with E-state index >= 15 is 0 Å². The zero-order valence-corrected chi connectivity index (χ0v) is 14.3. The molecule has 0 aliphatic heterocycles. The predicted octanol–water partition coefficient (Wildman–Crippen LogP) is 3.15. The van der Waals surface area contributed by atoms with E-state index < -0.39 is 10.0 Å². The van der Waals surface area contributed by atoms with Crippen molar-refractivity contribution >= 4 is 37.3 Å². The van der Waals surface area contributed by atoms with Gasteiger partial charge in [-0.05, 0) is 65.5 Å². The van der Waals surface area contributed by atoms with E-state index in [1.54, 1.807) is 38.2 Å². The van der Waals surface area contributed by atoms with E-state index in [2.05, 4.69) is 25.6 Å². The predicted molar refractivity (Wildman–Crippen MR) is 87.8 cm³/mol. The maximum absolute atomic E-state index is 12.6. The second-order valence-electron chi connectivity index (χ2n) is 4.83. The Morgan fingerprint density at radius 3 is 2.52 bits per heavy atom. The van der Waals surface area contributed by atoms with Crippen LogP contribution in [-0.4, -0.2) is 13.4 Å². The Bertz CT molecular complexity index is 804. The van der Waals surface area contributed by atoms with Gasteiger partial charge in [0.1, 0.15) is 4.60 Å².